The first-order valence-corrected chi connectivity index (χ1v) is 4.58. The Morgan fingerprint density at radius 1 is 1.64 bits per heavy atom. The maximum atomic E-state index is 11.2. The number of likely N-dealkylation sites (N-methyl/N-ethyl adjacent to an activating group) is 1. The van der Waals surface area contributed by atoms with E-state index in [1.54, 1.807) is 25.3 Å². The molecule has 1 aromatic rings. The zero-order valence-electron chi connectivity index (χ0n) is 8.78. The molecule has 1 unspecified atom stereocenters. The van der Waals surface area contributed by atoms with E-state index in [2.05, 4.69) is 5.32 Å². The highest BCUT2D eigenvalue weighted by Gasteiger charge is 2.10. The van der Waals surface area contributed by atoms with Gasteiger partial charge in [0.2, 0.25) is 5.91 Å². The number of nitrogens with zero attached hydrogens (tertiary/aromatic N) is 1. The summed E-state index contributed by atoms with van der Waals surface area (Å²) < 4.78 is 5.20. The highest BCUT2D eigenvalue weighted by Crippen LogP contribution is 2.11. The molecule has 1 amide bonds. The lowest BCUT2D eigenvalue weighted by Crippen LogP contribution is -2.34. The lowest BCUT2D eigenvalue weighted by molar-refractivity contribution is -0.127. The Morgan fingerprint density at radius 2 is 2.36 bits per heavy atom. The fraction of sp³-hybridized carbons (Fsp3) is 0.500. The SMILES string of the molecule is CC(NCC(=O)N(C)C)c1ccco1. The average molecular weight is 196 g/mol. The van der Waals surface area contributed by atoms with Crippen LogP contribution in [0.15, 0.2) is 22.8 Å². The summed E-state index contributed by atoms with van der Waals surface area (Å²) in [5, 5.41) is 3.08. The molecule has 1 aromatic heterocycles. The summed E-state index contributed by atoms with van der Waals surface area (Å²) in [7, 11) is 3.48. The number of furan rings is 1. The van der Waals surface area contributed by atoms with E-state index in [9.17, 15) is 4.79 Å². The molecule has 0 saturated heterocycles. The zero-order chi connectivity index (χ0) is 10.6. The lowest BCUT2D eigenvalue weighted by atomic mass is 10.2. The number of hydrogen-bond donors (Lipinski definition) is 1. The highest BCUT2D eigenvalue weighted by molar-refractivity contribution is 5.77. The van der Waals surface area contributed by atoms with Crippen LogP contribution in [-0.4, -0.2) is 31.4 Å². The van der Waals surface area contributed by atoms with E-state index in [1.807, 2.05) is 19.1 Å². The van der Waals surface area contributed by atoms with E-state index in [-0.39, 0.29) is 11.9 Å². The molecule has 0 aliphatic heterocycles. The van der Waals surface area contributed by atoms with Crippen LogP contribution in [0.1, 0.15) is 18.7 Å². The van der Waals surface area contributed by atoms with Gasteiger partial charge in [-0.15, -0.1) is 0 Å². The molecule has 1 rings (SSSR count). The molecule has 4 heteroatoms. The van der Waals surface area contributed by atoms with Gasteiger partial charge in [-0.1, -0.05) is 0 Å². The number of carbonyl (C=O) groups excluding carboxylic acids is 1. The van der Waals surface area contributed by atoms with Gasteiger partial charge >= 0.3 is 0 Å². The van der Waals surface area contributed by atoms with Crippen LogP contribution in [0.25, 0.3) is 0 Å². The van der Waals surface area contributed by atoms with Gasteiger partial charge in [-0.25, -0.2) is 0 Å². The van der Waals surface area contributed by atoms with Crippen LogP contribution in [0.4, 0.5) is 0 Å². The first-order valence-electron chi connectivity index (χ1n) is 4.58. The molecule has 0 radical (unpaired) electrons. The first kappa shape index (κ1) is 10.8. The predicted octanol–water partition coefficient (Wildman–Crippen LogP) is 1.02. The van der Waals surface area contributed by atoms with E-state index >= 15 is 0 Å². The molecule has 1 heterocycles. The van der Waals surface area contributed by atoms with Gasteiger partial charge in [0.1, 0.15) is 5.76 Å². The molecule has 1 atom stereocenters. The zero-order valence-corrected chi connectivity index (χ0v) is 8.78. The van der Waals surface area contributed by atoms with Crippen molar-refractivity contribution in [3.8, 4) is 0 Å². The lowest BCUT2D eigenvalue weighted by Gasteiger charge is -2.14. The maximum Gasteiger partial charge on any atom is 0.236 e. The topological polar surface area (TPSA) is 45.5 Å². The van der Waals surface area contributed by atoms with Crippen LogP contribution < -0.4 is 5.32 Å². The molecule has 0 bridgehead atoms. The molecule has 1 N–H and O–H groups in total. The van der Waals surface area contributed by atoms with Gasteiger partial charge in [-0.05, 0) is 19.1 Å². The van der Waals surface area contributed by atoms with Gasteiger partial charge in [0.05, 0.1) is 18.8 Å². The molecule has 0 aromatic carbocycles. The molecule has 0 aliphatic rings. The predicted molar refractivity (Wildman–Crippen MR) is 53.8 cm³/mol. The van der Waals surface area contributed by atoms with Gasteiger partial charge in [0.15, 0.2) is 0 Å². The Kier molecular flexibility index (Phi) is 3.71. The van der Waals surface area contributed by atoms with Crippen LogP contribution in [0, 0.1) is 0 Å². The molecule has 0 fully saturated rings. The monoisotopic (exact) mass is 196 g/mol. The molecule has 14 heavy (non-hydrogen) atoms. The molecule has 4 nitrogen and oxygen atoms in total. The minimum atomic E-state index is 0.0587. The summed E-state index contributed by atoms with van der Waals surface area (Å²) in [6, 6.07) is 3.79. The van der Waals surface area contributed by atoms with Crippen molar-refractivity contribution in [2.24, 2.45) is 0 Å². The number of rotatable bonds is 4. The third kappa shape index (κ3) is 2.88. The standard InChI is InChI=1S/C10H16N2O2/c1-8(9-5-4-6-14-9)11-7-10(13)12(2)3/h4-6,8,11H,7H2,1-3H3. The van der Waals surface area contributed by atoms with Crippen molar-refractivity contribution in [3.63, 3.8) is 0 Å². The summed E-state index contributed by atoms with van der Waals surface area (Å²) in [5.74, 6) is 0.903. The first-order chi connectivity index (χ1) is 6.61. The number of hydrogen-bond acceptors (Lipinski definition) is 3. The Bertz CT molecular complexity index is 280. The fourth-order valence-electron chi connectivity index (χ4n) is 1.04. The molecule has 0 saturated carbocycles. The molecular formula is C10H16N2O2. The minimum absolute atomic E-state index is 0.0587. The van der Waals surface area contributed by atoms with Gasteiger partial charge in [0, 0.05) is 14.1 Å². The van der Waals surface area contributed by atoms with E-state index in [0.717, 1.165) is 5.76 Å². The van der Waals surface area contributed by atoms with Crippen LogP contribution in [-0.2, 0) is 4.79 Å². The highest BCUT2D eigenvalue weighted by atomic mass is 16.3. The second-order valence-electron chi connectivity index (χ2n) is 3.41. The summed E-state index contributed by atoms with van der Waals surface area (Å²) in [5.41, 5.74) is 0. The summed E-state index contributed by atoms with van der Waals surface area (Å²) >= 11 is 0. The molecular weight excluding hydrogens is 180 g/mol. The van der Waals surface area contributed by atoms with E-state index < -0.39 is 0 Å². The quantitative estimate of drug-likeness (QED) is 0.782. The van der Waals surface area contributed by atoms with Gasteiger partial charge in [0.25, 0.3) is 0 Å². The van der Waals surface area contributed by atoms with Crippen LogP contribution >= 0.6 is 0 Å². The number of amides is 1. The van der Waals surface area contributed by atoms with E-state index in [4.69, 9.17) is 4.42 Å². The van der Waals surface area contributed by atoms with Crippen molar-refractivity contribution in [1.82, 2.24) is 10.2 Å². The van der Waals surface area contributed by atoms with Crippen molar-refractivity contribution < 1.29 is 9.21 Å². The number of nitrogens with one attached hydrogen (secondary N) is 1. The largest absolute Gasteiger partial charge is 0.468 e. The Balaban J connectivity index is 2.36. The third-order valence-electron chi connectivity index (χ3n) is 2.03. The molecule has 0 aliphatic carbocycles. The van der Waals surface area contributed by atoms with Crippen LogP contribution in [0.2, 0.25) is 0 Å². The second-order valence-corrected chi connectivity index (χ2v) is 3.41. The summed E-state index contributed by atoms with van der Waals surface area (Å²) in [6.07, 6.45) is 1.63. The smallest absolute Gasteiger partial charge is 0.236 e. The fourth-order valence-corrected chi connectivity index (χ4v) is 1.04. The average Bonchev–Trinajstić information content (AvgIpc) is 2.66. The summed E-state index contributed by atoms with van der Waals surface area (Å²) in [4.78, 5) is 12.8. The second kappa shape index (κ2) is 4.81. The normalized spacial score (nSPS) is 12.5. The minimum Gasteiger partial charge on any atom is -0.468 e. The van der Waals surface area contributed by atoms with E-state index in [1.165, 1.54) is 0 Å². The van der Waals surface area contributed by atoms with Crippen molar-refractivity contribution in [2.45, 2.75) is 13.0 Å². The third-order valence-corrected chi connectivity index (χ3v) is 2.03. The van der Waals surface area contributed by atoms with Crippen molar-refractivity contribution in [3.05, 3.63) is 24.2 Å². The maximum absolute atomic E-state index is 11.2. The van der Waals surface area contributed by atoms with Gasteiger partial charge < -0.3 is 9.32 Å². The molecule has 0 spiro atoms. The molecule has 78 valence electrons. The van der Waals surface area contributed by atoms with E-state index in [0.29, 0.717) is 6.54 Å². The van der Waals surface area contributed by atoms with Gasteiger partial charge in [-0.3, -0.25) is 10.1 Å². The Labute approximate surface area is 83.9 Å². The van der Waals surface area contributed by atoms with Crippen LogP contribution in [0.3, 0.4) is 0 Å². The Hall–Kier alpha value is -1.29. The van der Waals surface area contributed by atoms with Crippen molar-refractivity contribution >= 4 is 5.91 Å². The van der Waals surface area contributed by atoms with Crippen LogP contribution in [0.5, 0.6) is 0 Å². The Morgan fingerprint density at radius 3 is 2.86 bits per heavy atom. The van der Waals surface area contributed by atoms with Crippen molar-refractivity contribution in [1.29, 1.82) is 0 Å². The summed E-state index contributed by atoms with van der Waals surface area (Å²) in [6.45, 7) is 2.29. The number of carbonyl (C=O) groups is 1. The van der Waals surface area contributed by atoms with Crippen molar-refractivity contribution in [2.75, 3.05) is 20.6 Å². The van der Waals surface area contributed by atoms with Gasteiger partial charge in [-0.2, -0.15) is 0 Å².